The molecule has 1 amide bonds. The first kappa shape index (κ1) is 25.4. The molecule has 0 spiro atoms. The molecule has 34 heavy (non-hydrogen) atoms. The van der Waals surface area contributed by atoms with E-state index in [-0.39, 0.29) is 10.9 Å². The summed E-state index contributed by atoms with van der Waals surface area (Å²) in [5.74, 6) is 0.642. The highest BCUT2D eigenvalue weighted by atomic mass is 35.5. The quantitative estimate of drug-likeness (QED) is 0.258. The minimum atomic E-state index is -0.303. The Hall–Kier alpha value is -3.20. The molecule has 0 aliphatic heterocycles. The number of hydrogen-bond acceptors (Lipinski definition) is 6. The van der Waals surface area contributed by atoms with E-state index in [0.717, 1.165) is 17.1 Å². The number of fused-ring (bicyclic) bond motifs is 1. The van der Waals surface area contributed by atoms with Gasteiger partial charge in [-0.05, 0) is 43.3 Å². The molecule has 0 unspecified atom stereocenters. The van der Waals surface area contributed by atoms with Gasteiger partial charge in [-0.2, -0.15) is 0 Å². The van der Waals surface area contributed by atoms with Crippen molar-refractivity contribution in [3.63, 3.8) is 0 Å². The van der Waals surface area contributed by atoms with Crippen LogP contribution in [0.15, 0.2) is 66.7 Å². The summed E-state index contributed by atoms with van der Waals surface area (Å²) < 4.78 is 5.96. The lowest BCUT2D eigenvalue weighted by atomic mass is 10.2. The minimum Gasteiger partial charge on any atom is -0.494 e. The fourth-order valence-electron chi connectivity index (χ4n) is 2.88. The first-order chi connectivity index (χ1) is 16.3. The van der Waals surface area contributed by atoms with Gasteiger partial charge >= 0.3 is 5.69 Å². The van der Waals surface area contributed by atoms with Gasteiger partial charge < -0.3 is 4.74 Å². The van der Waals surface area contributed by atoms with Crippen LogP contribution in [0, 0.1) is 4.91 Å². The number of hydrogen-bond donors (Lipinski definition) is 0. The molecule has 0 fully saturated rings. The van der Waals surface area contributed by atoms with Crippen molar-refractivity contribution in [2.45, 2.75) is 6.92 Å². The summed E-state index contributed by atoms with van der Waals surface area (Å²) in [6.45, 7) is 2.72. The summed E-state index contributed by atoms with van der Waals surface area (Å²) in [4.78, 5) is 35.1. The Morgan fingerprint density at radius 3 is 2.47 bits per heavy atom. The summed E-state index contributed by atoms with van der Waals surface area (Å²) >= 11 is 13.3. The van der Waals surface area contributed by atoms with E-state index < -0.39 is 0 Å². The second kappa shape index (κ2) is 11.8. The topological polar surface area (TPSA) is 71.7 Å². The number of thiazole rings is 1. The molecular weight excluding hydrogens is 497 g/mol. The molecule has 0 aliphatic rings. The fraction of sp³-hybridized carbons (Fsp3) is 0.167. The van der Waals surface area contributed by atoms with Crippen LogP contribution >= 0.6 is 34.5 Å². The molecular formula is C24H22Cl2N3O4S+. The number of aromatic nitrogens is 1. The molecule has 0 aliphatic carbocycles. The number of carbonyl (C=O) groups is 1. The Balaban J connectivity index is 0.000000302. The van der Waals surface area contributed by atoms with Crippen molar-refractivity contribution in [3.8, 4) is 5.75 Å². The van der Waals surface area contributed by atoms with Gasteiger partial charge in [0.1, 0.15) is 5.75 Å². The number of nitrogens with zero attached hydrogens (tertiary/aromatic N) is 3. The summed E-state index contributed by atoms with van der Waals surface area (Å²) in [5.41, 5.74) is 1.36. The molecule has 1 heterocycles. The van der Waals surface area contributed by atoms with E-state index in [4.69, 9.17) is 27.9 Å². The van der Waals surface area contributed by atoms with Crippen molar-refractivity contribution in [2.75, 3.05) is 25.7 Å². The molecule has 0 radical (unpaired) electrons. The van der Waals surface area contributed by atoms with Crippen LogP contribution in [-0.4, -0.2) is 36.6 Å². The highest BCUT2D eigenvalue weighted by Crippen LogP contribution is 2.32. The highest BCUT2D eigenvalue weighted by molar-refractivity contribution is 7.22. The molecule has 0 saturated heterocycles. The zero-order valence-corrected chi connectivity index (χ0v) is 21.0. The summed E-state index contributed by atoms with van der Waals surface area (Å²) in [6.07, 6.45) is 0. The van der Waals surface area contributed by atoms with Gasteiger partial charge in [-0.3, -0.25) is 9.69 Å². The first-order valence-electron chi connectivity index (χ1n) is 10.2. The predicted octanol–water partition coefficient (Wildman–Crippen LogP) is 6.94. The predicted molar refractivity (Wildman–Crippen MR) is 137 cm³/mol. The van der Waals surface area contributed by atoms with E-state index in [0.29, 0.717) is 31.8 Å². The van der Waals surface area contributed by atoms with E-state index in [1.807, 2.05) is 37.3 Å². The number of para-hydroxylation sites is 1. The van der Waals surface area contributed by atoms with Gasteiger partial charge in [0.25, 0.3) is 10.8 Å². The smallest absolute Gasteiger partial charge is 0.318 e. The molecule has 4 rings (SSSR count). The molecule has 10 heteroatoms. The maximum absolute atomic E-state index is 12.7. The first-order valence-corrected chi connectivity index (χ1v) is 11.7. The number of halogens is 2. The largest absolute Gasteiger partial charge is 0.494 e. The normalized spacial score (nSPS) is 10.3. The SMILES string of the molecule is CCOc1ccccc1.CO[N+](=O)c1ccc2nc(N(C)C(=O)c3ccc(Cl)cc3Cl)sc2c1. The zero-order valence-electron chi connectivity index (χ0n) is 18.7. The molecule has 3 aromatic carbocycles. The number of carbonyl (C=O) groups excluding carboxylic acids is 1. The number of anilines is 1. The van der Waals surface area contributed by atoms with Gasteiger partial charge in [0.15, 0.2) is 12.2 Å². The van der Waals surface area contributed by atoms with Gasteiger partial charge in [0.05, 0.1) is 32.3 Å². The van der Waals surface area contributed by atoms with Crippen LogP contribution in [-0.2, 0) is 4.84 Å². The summed E-state index contributed by atoms with van der Waals surface area (Å²) in [7, 11) is 2.90. The monoisotopic (exact) mass is 518 g/mol. The molecule has 7 nitrogen and oxygen atoms in total. The summed E-state index contributed by atoms with van der Waals surface area (Å²) in [5, 5.41) is 1.21. The van der Waals surface area contributed by atoms with Crippen molar-refractivity contribution in [1.29, 1.82) is 0 Å². The third kappa shape index (κ3) is 6.22. The second-order valence-electron chi connectivity index (χ2n) is 6.82. The summed E-state index contributed by atoms with van der Waals surface area (Å²) in [6, 6.07) is 19.4. The zero-order chi connectivity index (χ0) is 24.7. The lowest BCUT2D eigenvalue weighted by Crippen LogP contribution is -2.26. The maximum atomic E-state index is 12.7. The third-order valence-corrected chi connectivity index (χ3v) is 6.19. The Morgan fingerprint density at radius 2 is 1.82 bits per heavy atom. The second-order valence-corrected chi connectivity index (χ2v) is 8.68. The fourth-order valence-corrected chi connectivity index (χ4v) is 4.33. The standard InChI is InChI=1S/C16H12Cl2N3O3S.C8H10O/c1-20(15(22)11-5-3-9(17)7-12(11)18)16-19-13-6-4-10(21(23)24-2)8-14(13)25-16;1-2-9-8-6-4-3-5-7-8/h3-8H,1-2H3;3-7H,2H2,1H3/q+1;. The number of rotatable bonds is 6. The van der Waals surface area contributed by atoms with Crippen molar-refractivity contribution in [2.24, 2.45) is 0 Å². The molecule has 0 N–H and O–H groups in total. The van der Waals surface area contributed by atoms with Crippen LogP contribution < -0.4 is 9.64 Å². The van der Waals surface area contributed by atoms with Gasteiger partial charge in [0, 0.05) is 24.2 Å². The third-order valence-electron chi connectivity index (χ3n) is 4.54. The van der Waals surface area contributed by atoms with Gasteiger partial charge in [-0.1, -0.05) is 52.7 Å². The minimum absolute atomic E-state index is 0.273. The molecule has 4 aromatic rings. The van der Waals surface area contributed by atoms with E-state index in [1.165, 1.54) is 29.4 Å². The van der Waals surface area contributed by atoms with Crippen LogP contribution in [0.3, 0.4) is 0 Å². The Labute approximate surface area is 211 Å². The van der Waals surface area contributed by atoms with Crippen LogP contribution in [0.4, 0.5) is 10.8 Å². The number of ether oxygens (including phenoxy) is 1. The van der Waals surface area contributed by atoms with Crippen LogP contribution in [0.25, 0.3) is 10.2 Å². The molecule has 176 valence electrons. The van der Waals surface area contributed by atoms with E-state index in [2.05, 4.69) is 9.82 Å². The average molecular weight is 519 g/mol. The number of amides is 1. The molecule has 0 atom stereocenters. The molecule has 0 saturated carbocycles. The lowest BCUT2D eigenvalue weighted by molar-refractivity contribution is -0.736. The van der Waals surface area contributed by atoms with Crippen molar-refractivity contribution < 1.29 is 19.3 Å². The average Bonchev–Trinajstić information content (AvgIpc) is 3.27. The van der Waals surface area contributed by atoms with Gasteiger partial charge in [-0.25, -0.2) is 9.82 Å². The van der Waals surface area contributed by atoms with Gasteiger partial charge in [0.2, 0.25) is 0 Å². The molecule has 1 aromatic heterocycles. The lowest BCUT2D eigenvalue weighted by Gasteiger charge is -2.14. The van der Waals surface area contributed by atoms with Crippen LogP contribution in [0.1, 0.15) is 17.3 Å². The van der Waals surface area contributed by atoms with Crippen LogP contribution in [0.5, 0.6) is 5.75 Å². The molecule has 0 bridgehead atoms. The van der Waals surface area contributed by atoms with Crippen molar-refractivity contribution in [1.82, 2.24) is 4.98 Å². The Kier molecular flexibility index (Phi) is 8.81. The van der Waals surface area contributed by atoms with Crippen molar-refractivity contribution in [3.05, 3.63) is 87.2 Å². The highest BCUT2D eigenvalue weighted by Gasteiger charge is 2.21. The van der Waals surface area contributed by atoms with Crippen molar-refractivity contribution >= 4 is 61.5 Å². The Morgan fingerprint density at radius 1 is 1.09 bits per heavy atom. The van der Waals surface area contributed by atoms with Gasteiger partial charge in [-0.15, -0.1) is 0 Å². The Bertz CT molecular complexity index is 1300. The number of benzene rings is 3. The van der Waals surface area contributed by atoms with E-state index in [1.54, 1.807) is 37.4 Å². The maximum Gasteiger partial charge on any atom is 0.318 e. The van der Waals surface area contributed by atoms with E-state index in [9.17, 15) is 9.70 Å². The van der Waals surface area contributed by atoms with E-state index >= 15 is 0 Å². The van der Waals surface area contributed by atoms with Crippen LogP contribution in [0.2, 0.25) is 10.0 Å².